The molecule has 1 N–H and O–H groups in total. The molecule has 5 nitrogen and oxygen atoms in total. The van der Waals surface area contributed by atoms with Crippen LogP contribution in [0.4, 0.5) is 5.69 Å². The predicted molar refractivity (Wildman–Crippen MR) is 121 cm³/mol. The van der Waals surface area contributed by atoms with E-state index in [1.165, 1.54) is 5.56 Å². The van der Waals surface area contributed by atoms with Gasteiger partial charge in [0.1, 0.15) is 11.5 Å². The van der Waals surface area contributed by atoms with Crippen molar-refractivity contribution in [1.82, 2.24) is 4.90 Å². The van der Waals surface area contributed by atoms with Crippen LogP contribution in [0.15, 0.2) is 84.9 Å². The lowest BCUT2D eigenvalue weighted by Crippen LogP contribution is -2.44. The zero-order chi connectivity index (χ0) is 21.5. The number of nitrogens with one attached hydrogen (secondary N) is 1. The lowest BCUT2D eigenvalue weighted by atomic mass is 9.90. The molecular weight excluding hydrogens is 388 g/mol. The first-order valence-corrected chi connectivity index (χ1v) is 10.6. The first kappa shape index (κ1) is 20.7. The maximum Gasteiger partial charge on any atom is 0.313 e. The Hall–Kier alpha value is -3.60. The summed E-state index contributed by atoms with van der Waals surface area (Å²) in [7, 11) is 0. The summed E-state index contributed by atoms with van der Waals surface area (Å²) in [5, 5.41) is 2.70. The van der Waals surface area contributed by atoms with Crippen LogP contribution in [-0.4, -0.2) is 29.8 Å². The maximum absolute atomic E-state index is 12.6. The topological polar surface area (TPSA) is 58.6 Å². The summed E-state index contributed by atoms with van der Waals surface area (Å²) in [6.45, 7) is 1.24. The molecule has 2 amide bonds. The molecule has 0 unspecified atom stereocenters. The smallest absolute Gasteiger partial charge is 0.313 e. The molecule has 3 aromatic carbocycles. The number of hydrogen-bond donors (Lipinski definition) is 1. The van der Waals surface area contributed by atoms with E-state index in [0.717, 1.165) is 25.0 Å². The number of carbonyl (C=O) groups excluding carboxylic acids is 2. The molecule has 1 aliphatic heterocycles. The first-order chi connectivity index (χ1) is 15.2. The summed E-state index contributed by atoms with van der Waals surface area (Å²) in [4.78, 5) is 26.6. The predicted octanol–water partition coefficient (Wildman–Crippen LogP) is 4.90. The van der Waals surface area contributed by atoms with Crippen LogP contribution in [0.2, 0.25) is 0 Å². The van der Waals surface area contributed by atoms with Gasteiger partial charge in [0, 0.05) is 18.8 Å². The number of anilines is 1. The number of hydrogen-bond acceptors (Lipinski definition) is 3. The Morgan fingerprint density at radius 2 is 1.39 bits per heavy atom. The Labute approximate surface area is 182 Å². The lowest BCUT2D eigenvalue weighted by Gasteiger charge is -2.31. The SMILES string of the molecule is O=C(Nc1ccc(Oc2ccccc2)cc1)C(=O)N1CCC(Cc2ccccc2)CC1. The summed E-state index contributed by atoms with van der Waals surface area (Å²) in [6, 6.07) is 26.9. The van der Waals surface area contributed by atoms with Gasteiger partial charge in [-0.25, -0.2) is 0 Å². The van der Waals surface area contributed by atoms with Gasteiger partial charge in [-0.15, -0.1) is 0 Å². The first-order valence-electron chi connectivity index (χ1n) is 10.6. The van der Waals surface area contributed by atoms with E-state index in [9.17, 15) is 9.59 Å². The molecule has 1 aliphatic rings. The Morgan fingerprint density at radius 1 is 0.806 bits per heavy atom. The Morgan fingerprint density at radius 3 is 2.03 bits per heavy atom. The number of likely N-dealkylation sites (tertiary alicyclic amines) is 1. The molecule has 0 radical (unpaired) electrons. The number of piperidine rings is 1. The van der Waals surface area contributed by atoms with Crippen molar-refractivity contribution >= 4 is 17.5 Å². The van der Waals surface area contributed by atoms with Crippen LogP contribution in [-0.2, 0) is 16.0 Å². The van der Waals surface area contributed by atoms with Crippen LogP contribution >= 0.6 is 0 Å². The van der Waals surface area contributed by atoms with E-state index in [2.05, 4.69) is 29.6 Å². The molecule has 0 spiro atoms. The fourth-order valence-corrected chi connectivity index (χ4v) is 3.85. The highest BCUT2D eigenvalue weighted by molar-refractivity contribution is 6.39. The number of amides is 2. The van der Waals surface area contributed by atoms with Crippen molar-refractivity contribution in [3.8, 4) is 11.5 Å². The van der Waals surface area contributed by atoms with Gasteiger partial charge in [-0.1, -0.05) is 48.5 Å². The number of rotatable bonds is 5. The van der Waals surface area contributed by atoms with Gasteiger partial charge in [0.25, 0.3) is 0 Å². The minimum atomic E-state index is -0.599. The van der Waals surface area contributed by atoms with E-state index in [1.807, 2.05) is 36.4 Å². The quantitative estimate of drug-likeness (QED) is 0.604. The van der Waals surface area contributed by atoms with Gasteiger partial charge in [-0.2, -0.15) is 0 Å². The van der Waals surface area contributed by atoms with Crippen LogP contribution in [0.1, 0.15) is 18.4 Å². The van der Waals surface area contributed by atoms with E-state index in [1.54, 1.807) is 29.2 Å². The highest BCUT2D eigenvalue weighted by Gasteiger charge is 2.27. The molecule has 1 heterocycles. The average Bonchev–Trinajstić information content (AvgIpc) is 2.82. The lowest BCUT2D eigenvalue weighted by molar-refractivity contribution is -0.144. The number of para-hydroxylation sites is 1. The molecule has 1 saturated heterocycles. The largest absolute Gasteiger partial charge is 0.457 e. The fraction of sp³-hybridized carbons (Fsp3) is 0.231. The van der Waals surface area contributed by atoms with Crippen molar-refractivity contribution in [1.29, 1.82) is 0 Å². The number of ether oxygens (including phenoxy) is 1. The molecule has 0 bridgehead atoms. The zero-order valence-corrected chi connectivity index (χ0v) is 17.4. The Kier molecular flexibility index (Phi) is 6.62. The molecule has 4 rings (SSSR count). The van der Waals surface area contributed by atoms with Gasteiger partial charge >= 0.3 is 11.8 Å². The number of benzene rings is 3. The fourth-order valence-electron chi connectivity index (χ4n) is 3.85. The highest BCUT2D eigenvalue weighted by atomic mass is 16.5. The molecule has 158 valence electrons. The molecular formula is C26H26N2O3. The Bertz CT molecular complexity index is 996. The van der Waals surface area contributed by atoms with Crippen LogP contribution in [0, 0.1) is 5.92 Å². The van der Waals surface area contributed by atoms with E-state index in [0.29, 0.717) is 30.4 Å². The summed E-state index contributed by atoms with van der Waals surface area (Å²) in [6.07, 6.45) is 2.85. The molecule has 3 aromatic rings. The van der Waals surface area contributed by atoms with Crippen LogP contribution in [0.25, 0.3) is 0 Å². The monoisotopic (exact) mass is 414 g/mol. The van der Waals surface area contributed by atoms with Gasteiger partial charge in [-0.3, -0.25) is 9.59 Å². The van der Waals surface area contributed by atoms with E-state index >= 15 is 0 Å². The summed E-state index contributed by atoms with van der Waals surface area (Å²) < 4.78 is 5.75. The Balaban J connectivity index is 1.25. The van der Waals surface area contributed by atoms with Crippen molar-refractivity contribution in [2.75, 3.05) is 18.4 Å². The van der Waals surface area contributed by atoms with Crippen molar-refractivity contribution in [3.05, 3.63) is 90.5 Å². The van der Waals surface area contributed by atoms with Crippen LogP contribution < -0.4 is 10.1 Å². The maximum atomic E-state index is 12.6. The van der Waals surface area contributed by atoms with Crippen LogP contribution in [0.3, 0.4) is 0 Å². The molecule has 0 aromatic heterocycles. The molecule has 5 heteroatoms. The van der Waals surface area contributed by atoms with Crippen molar-refractivity contribution in [2.24, 2.45) is 5.92 Å². The number of carbonyl (C=O) groups is 2. The third kappa shape index (κ3) is 5.72. The molecule has 0 saturated carbocycles. The highest BCUT2D eigenvalue weighted by Crippen LogP contribution is 2.24. The normalized spacial score (nSPS) is 14.1. The third-order valence-electron chi connectivity index (χ3n) is 5.55. The summed E-state index contributed by atoms with van der Waals surface area (Å²) in [5.41, 5.74) is 1.89. The summed E-state index contributed by atoms with van der Waals surface area (Å²) in [5.74, 6) is 0.883. The minimum Gasteiger partial charge on any atom is -0.457 e. The molecule has 0 aliphatic carbocycles. The second-order valence-corrected chi connectivity index (χ2v) is 7.82. The van der Waals surface area contributed by atoms with Gasteiger partial charge in [0.2, 0.25) is 0 Å². The van der Waals surface area contributed by atoms with Gasteiger partial charge in [0.15, 0.2) is 0 Å². The van der Waals surface area contributed by atoms with Gasteiger partial charge in [0.05, 0.1) is 0 Å². The summed E-state index contributed by atoms with van der Waals surface area (Å²) >= 11 is 0. The van der Waals surface area contributed by atoms with Gasteiger partial charge < -0.3 is 15.0 Å². The van der Waals surface area contributed by atoms with Crippen molar-refractivity contribution < 1.29 is 14.3 Å². The van der Waals surface area contributed by atoms with E-state index < -0.39 is 11.8 Å². The average molecular weight is 415 g/mol. The third-order valence-corrected chi connectivity index (χ3v) is 5.55. The van der Waals surface area contributed by atoms with E-state index in [-0.39, 0.29) is 0 Å². The number of nitrogens with zero attached hydrogens (tertiary/aromatic N) is 1. The standard InChI is InChI=1S/C26H26N2O3/c29-25(27-22-11-13-24(14-12-22)31-23-9-5-2-6-10-23)26(30)28-17-15-21(16-18-28)19-20-7-3-1-4-8-20/h1-14,21H,15-19H2,(H,27,29). The van der Waals surface area contributed by atoms with Crippen LogP contribution in [0.5, 0.6) is 11.5 Å². The second kappa shape index (κ2) is 9.94. The molecule has 1 fully saturated rings. The molecule has 0 atom stereocenters. The second-order valence-electron chi connectivity index (χ2n) is 7.82. The van der Waals surface area contributed by atoms with Crippen molar-refractivity contribution in [2.45, 2.75) is 19.3 Å². The van der Waals surface area contributed by atoms with Crippen molar-refractivity contribution in [3.63, 3.8) is 0 Å². The molecule has 31 heavy (non-hydrogen) atoms. The zero-order valence-electron chi connectivity index (χ0n) is 17.4. The van der Waals surface area contributed by atoms with Gasteiger partial charge in [-0.05, 0) is 67.1 Å². The minimum absolute atomic E-state index is 0.470. The van der Waals surface area contributed by atoms with E-state index in [4.69, 9.17) is 4.74 Å².